The summed E-state index contributed by atoms with van der Waals surface area (Å²) in [5.74, 6) is -0.884. The van der Waals surface area contributed by atoms with Gasteiger partial charge >= 0.3 is 6.03 Å². The summed E-state index contributed by atoms with van der Waals surface area (Å²) in [7, 11) is 0. The Morgan fingerprint density at radius 3 is 2.32 bits per heavy atom. The minimum Gasteiger partial charge on any atom is -0.494 e. The van der Waals surface area contributed by atoms with E-state index in [9.17, 15) is 18.4 Å². The molecule has 3 amide bonds. The summed E-state index contributed by atoms with van der Waals surface area (Å²) in [5, 5.41) is 2.44. The zero-order chi connectivity index (χ0) is 20.3. The van der Waals surface area contributed by atoms with Crippen molar-refractivity contribution in [3.63, 3.8) is 0 Å². The molecule has 2 aromatic rings. The van der Waals surface area contributed by atoms with Crippen LogP contribution in [0.25, 0.3) is 0 Å². The maximum atomic E-state index is 14.1. The summed E-state index contributed by atoms with van der Waals surface area (Å²) < 4.78 is 38.5. The highest BCUT2D eigenvalue weighted by atomic mass is 19.1. The first-order valence-corrected chi connectivity index (χ1v) is 8.80. The summed E-state index contributed by atoms with van der Waals surface area (Å²) in [6.07, 6.45) is 0. The monoisotopic (exact) mass is 390 g/mol. The number of nitrogens with zero attached hydrogens (tertiary/aromatic N) is 1. The predicted octanol–water partition coefficient (Wildman–Crippen LogP) is 3.21. The molecule has 1 fully saturated rings. The maximum Gasteiger partial charge on any atom is 0.325 e. The standard InChI is InChI=1S/C20H20F2N2O4/c1-3-27-14-5-7-15(8-6-14)28-11-10-24-18(25)20(2,23-19(24)26)16-12-13(21)4-9-17(16)22/h4-9,12H,3,10-11H2,1-2H3,(H,23,26)/t20-/m0/s1. The fraction of sp³-hybridized carbons (Fsp3) is 0.300. The highest BCUT2D eigenvalue weighted by molar-refractivity contribution is 6.07. The highest BCUT2D eigenvalue weighted by Crippen LogP contribution is 2.31. The highest BCUT2D eigenvalue weighted by Gasteiger charge is 2.50. The van der Waals surface area contributed by atoms with E-state index >= 15 is 0 Å². The third-order valence-corrected chi connectivity index (χ3v) is 4.46. The molecule has 2 aromatic carbocycles. The molecule has 1 atom stereocenters. The first-order chi connectivity index (χ1) is 13.3. The Morgan fingerprint density at radius 2 is 1.68 bits per heavy atom. The number of ether oxygens (including phenoxy) is 2. The van der Waals surface area contributed by atoms with Crippen LogP contribution < -0.4 is 14.8 Å². The molecule has 0 bridgehead atoms. The molecule has 0 unspecified atom stereocenters. The molecule has 0 aliphatic carbocycles. The topological polar surface area (TPSA) is 67.9 Å². The Bertz CT molecular complexity index is 888. The van der Waals surface area contributed by atoms with E-state index in [0.29, 0.717) is 18.1 Å². The van der Waals surface area contributed by atoms with Gasteiger partial charge in [0.1, 0.15) is 35.3 Å². The van der Waals surface area contributed by atoms with Crippen LogP contribution in [-0.2, 0) is 10.3 Å². The van der Waals surface area contributed by atoms with Crippen molar-refractivity contribution in [3.8, 4) is 11.5 Å². The molecule has 1 heterocycles. The first-order valence-electron chi connectivity index (χ1n) is 8.80. The Kier molecular flexibility index (Phi) is 5.48. The SMILES string of the molecule is CCOc1ccc(OCCN2C(=O)N[C@@](C)(c3cc(F)ccc3F)C2=O)cc1. The lowest BCUT2D eigenvalue weighted by Crippen LogP contribution is -2.42. The number of hydrogen-bond donors (Lipinski definition) is 1. The molecule has 0 radical (unpaired) electrons. The maximum absolute atomic E-state index is 14.1. The Morgan fingerprint density at radius 1 is 1.04 bits per heavy atom. The van der Waals surface area contributed by atoms with Gasteiger partial charge in [0.05, 0.1) is 13.2 Å². The van der Waals surface area contributed by atoms with Gasteiger partial charge in [0.2, 0.25) is 0 Å². The molecule has 1 aliphatic rings. The minimum atomic E-state index is -1.68. The van der Waals surface area contributed by atoms with Gasteiger partial charge < -0.3 is 14.8 Å². The fourth-order valence-electron chi connectivity index (χ4n) is 3.02. The molecule has 0 spiro atoms. The van der Waals surface area contributed by atoms with Crippen LogP contribution in [-0.4, -0.2) is 36.6 Å². The lowest BCUT2D eigenvalue weighted by molar-refractivity contribution is -0.131. The van der Waals surface area contributed by atoms with Gasteiger partial charge in [-0.15, -0.1) is 0 Å². The van der Waals surface area contributed by atoms with Gasteiger partial charge in [0.25, 0.3) is 5.91 Å². The van der Waals surface area contributed by atoms with E-state index in [4.69, 9.17) is 9.47 Å². The van der Waals surface area contributed by atoms with Gasteiger partial charge in [0, 0.05) is 5.56 Å². The number of nitrogens with one attached hydrogen (secondary N) is 1. The van der Waals surface area contributed by atoms with Crippen LogP contribution in [0, 0.1) is 11.6 Å². The number of amides is 3. The van der Waals surface area contributed by atoms with E-state index in [1.807, 2.05) is 6.92 Å². The van der Waals surface area contributed by atoms with Gasteiger partial charge in [-0.25, -0.2) is 13.6 Å². The minimum absolute atomic E-state index is 0.0373. The summed E-state index contributed by atoms with van der Waals surface area (Å²) in [5.41, 5.74) is -1.90. The number of benzene rings is 2. The van der Waals surface area contributed by atoms with Crippen LogP contribution in [0.3, 0.4) is 0 Å². The predicted molar refractivity (Wildman–Crippen MR) is 97.1 cm³/mol. The van der Waals surface area contributed by atoms with Crippen molar-refractivity contribution in [2.45, 2.75) is 19.4 Å². The zero-order valence-electron chi connectivity index (χ0n) is 15.5. The molecule has 6 nitrogen and oxygen atoms in total. The van der Waals surface area contributed by atoms with E-state index in [2.05, 4.69) is 5.32 Å². The molecule has 0 aromatic heterocycles. The van der Waals surface area contributed by atoms with Crippen molar-refractivity contribution < 1.29 is 27.8 Å². The van der Waals surface area contributed by atoms with Crippen molar-refractivity contribution in [1.29, 1.82) is 0 Å². The molecule has 8 heteroatoms. The second-order valence-corrected chi connectivity index (χ2v) is 6.39. The van der Waals surface area contributed by atoms with E-state index in [1.54, 1.807) is 24.3 Å². The number of imide groups is 1. The number of hydrogen-bond acceptors (Lipinski definition) is 4. The average molecular weight is 390 g/mol. The van der Waals surface area contributed by atoms with Crippen LogP contribution in [0.2, 0.25) is 0 Å². The number of urea groups is 1. The molecule has 1 saturated heterocycles. The second kappa shape index (κ2) is 7.84. The van der Waals surface area contributed by atoms with E-state index in [1.165, 1.54) is 6.92 Å². The van der Waals surface area contributed by atoms with Gasteiger partial charge in [-0.05, 0) is 56.3 Å². The summed E-state index contributed by atoms with van der Waals surface area (Å²) in [4.78, 5) is 25.9. The van der Waals surface area contributed by atoms with E-state index in [-0.39, 0.29) is 18.7 Å². The summed E-state index contributed by atoms with van der Waals surface area (Å²) >= 11 is 0. The van der Waals surface area contributed by atoms with Crippen molar-refractivity contribution >= 4 is 11.9 Å². The van der Waals surface area contributed by atoms with Crippen LogP contribution >= 0.6 is 0 Å². The number of rotatable bonds is 7. The van der Waals surface area contributed by atoms with Crippen LogP contribution in [0.15, 0.2) is 42.5 Å². The number of halogens is 2. The molecule has 0 saturated carbocycles. The molecule has 28 heavy (non-hydrogen) atoms. The van der Waals surface area contributed by atoms with Crippen molar-refractivity contribution in [3.05, 3.63) is 59.7 Å². The largest absolute Gasteiger partial charge is 0.494 e. The van der Waals surface area contributed by atoms with Gasteiger partial charge in [0.15, 0.2) is 0 Å². The molecular formula is C20H20F2N2O4. The number of carbonyl (C=O) groups excluding carboxylic acids is 2. The fourth-order valence-corrected chi connectivity index (χ4v) is 3.02. The second-order valence-electron chi connectivity index (χ2n) is 6.39. The molecular weight excluding hydrogens is 370 g/mol. The van der Waals surface area contributed by atoms with Gasteiger partial charge in [-0.2, -0.15) is 0 Å². The zero-order valence-corrected chi connectivity index (χ0v) is 15.5. The Hall–Kier alpha value is -3.16. The van der Waals surface area contributed by atoms with Crippen LogP contribution in [0.5, 0.6) is 11.5 Å². The van der Waals surface area contributed by atoms with Gasteiger partial charge in [-0.1, -0.05) is 0 Å². The molecule has 1 aliphatic heterocycles. The summed E-state index contributed by atoms with van der Waals surface area (Å²) in [6.45, 7) is 3.79. The number of carbonyl (C=O) groups is 2. The average Bonchev–Trinajstić information content (AvgIpc) is 2.89. The van der Waals surface area contributed by atoms with Crippen molar-refractivity contribution in [1.82, 2.24) is 10.2 Å². The summed E-state index contributed by atoms with van der Waals surface area (Å²) in [6, 6.07) is 9.01. The van der Waals surface area contributed by atoms with E-state index < -0.39 is 29.1 Å². The van der Waals surface area contributed by atoms with E-state index in [0.717, 1.165) is 23.1 Å². The lowest BCUT2D eigenvalue weighted by Gasteiger charge is -2.22. The quantitative estimate of drug-likeness (QED) is 0.738. The van der Waals surface area contributed by atoms with Crippen molar-refractivity contribution in [2.24, 2.45) is 0 Å². The third kappa shape index (κ3) is 3.76. The van der Waals surface area contributed by atoms with Crippen molar-refractivity contribution in [2.75, 3.05) is 19.8 Å². The molecule has 3 rings (SSSR count). The van der Waals surface area contributed by atoms with Gasteiger partial charge in [-0.3, -0.25) is 9.69 Å². The third-order valence-electron chi connectivity index (χ3n) is 4.46. The molecule has 148 valence electrons. The first kappa shape index (κ1) is 19.6. The smallest absolute Gasteiger partial charge is 0.325 e. The van der Waals surface area contributed by atoms with Crippen LogP contribution in [0.4, 0.5) is 13.6 Å². The Balaban J connectivity index is 1.66. The Labute approximate surface area is 161 Å². The normalized spacial score (nSPS) is 18.9. The molecule has 1 N–H and O–H groups in total. The lowest BCUT2D eigenvalue weighted by atomic mass is 9.91. The van der Waals surface area contributed by atoms with Crippen LogP contribution in [0.1, 0.15) is 19.4 Å².